The Balaban J connectivity index is 2.21. The van der Waals surface area contributed by atoms with Crippen molar-refractivity contribution < 1.29 is 0 Å². The molecule has 2 atom stereocenters. The lowest BCUT2D eigenvalue weighted by Crippen LogP contribution is -2.24. The summed E-state index contributed by atoms with van der Waals surface area (Å²) in [6.07, 6.45) is 10.5. The van der Waals surface area contributed by atoms with Crippen LogP contribution in [0, 0.1) is 11.8 Å². The number of fused-ring (bicyclic) bond motifs is 2. The lowest BCUT2D eigenvalue weighted by atomic mass is 10.1. The van der Waals surface area contributed by atoms with Gasteiger partial charge in [0.25, 0.3) is 0 Å². The third kappa shape index (κ3) is 1.14. The van der Waals surface area contributed by atoms with Crippen LogP contribution in [0.25, 0.3) is 0 Å². The van der Waals surface area contributed by atoms with E-state index in [1.54, 1.807) is 0 Å². The van der Waals surface area contributed by atoms with Crippen molar-refractivity contribution in [3.8, 4) is 0 Å². The van der Waals surface area contributed by atoms with E-state index in [-0.39, 0.29) is 0 Å². The Kier molecular flexibility index (Phi) is 1.60. The van der Waals surface area contributed by atoms with Gasteiger partial charge >= 0.3 is 0 Å². The molecule has 0 aromatic rings. The van der Waals surface area contributed by atoms with E-state index in [0.29, 0.717) is 5.92 Å². The molecule has 0 spiro atoms. The molecule has 54 valence electrons. The number of hydrogen-bond acceptors (Lipinski definition) is 1. The minimum atomic E-state index is 0.660. The highest BCUT2D eigenvalue weighted by Crippen LogP contribution is 2.17. The first-order valence-electron chi connectivity index (χ1n) is 4.01. The molecule has 2 aliphatic rings. The molecule has 1 nitrogen and oxygen atoms in total. The van der Waals surface area contributed by atoms with Crippen LogP contribution in [0.5, 0.6) is 0 Å². The molecule has 2 rings (SSSR count). The highest BCUT2D eigenvalue weighted by molar-refractivity contribution is 5.10. The van der Waals surface area contributed by atoms with E-state index in [1.165, 1.54) is 6.42 Å². The highest BCUT2D eigenvalue weighted by atomic mass is 14.9. The molecule has 2 unspecified atom stereocenters. The van der Waals surface area contributed by atoms with Gasteiger partial charge < -0.3 is 5.32 Å². The van der Waals surface area contributed by atoms with Gasteiger partial charge in [-0.25, -0.2) is 0 Å². The summed E-state index contributed by atoms with van der Waals surface area (Å²) < 4.78 is 0. The molecule has 0 radical (unpaired) electrons. The Hall–Kier alpha value is -0.560. The zero-order valence-corrected chi connectivity index (χ0v) is 6.09. The van der Waals surface area contributed by atoms with Gasteiger partial charge in [0.2, 0.25) is 0 Å². The summed E-state index contributed by atoms with van der Waals surface area (Å²) in [4.78, 5) is 0. The van der Waals surface area contributed by atoms with Crippen molar-refractivity contribution in [3.05, 3.63) is 24.3 Å². The number of hydrogen-bond donors (Lipinski definition) is 1. The molecule has 10 heavy (non-hydrogen) atoms. The molecular formula is C9H13N. The fourth-order valence-electron chi connectivity index (χ4n) is 1.59. The van der Waals surface area contributed by atoms with Crippen LogP contribution < -0.4 is 5.32 Å². The van der Waals surface area contributed by atoms with Crippen LogP contribution in [0.3, 0.4) is 0 Å². The zero-order valence-electron chi connectivity index (χ0n) is 6.09. The van der Waals surface area contributed by atoms with Crippen molar-refractivity contribution in [2.45, 2.75) is 6.42 Å². The average molecular weight is 135 g/mol. The molecule has 2 bridgehead atoms. The van der Waals surface area contributed by atoms with E-state index in [1.807, 2.05) is 0 Å². The Labute approximate surface area is 61.8 Å². The third-order valence-electron chi connectivity index (χ3n) is 2.24. The van der Waals surface area contributed by atoms with Crippen molar-refractivity contribution in [3.63, 3.8) is 0 Å². The first kappa shape index (κ1) is 6.17. The monoisotopic (exact) mass is 135 g/mol. The second-order valence-corrected chi connectivity index (χ2v) is 3.13. The maximum absolute atomic E-state index is 3.44. The first-order chi connectivity index (χ1) is 4.95. The summed E-state index contributed by atoms with van der Waals surface area (Å²) in [5.74, 6) is 1.41. The van der Waals surface area contributed by atoms with Gasteiger partial charge in [0.1, 0.15) is 0 Å². The lowest BCUT2D eigenvalue weighted by Gasteiger charge is -2.11. The van der Waals surface area contributed by atoms with Gasteiger partial charge in [0.15, 0.2) is 0 Å². The molecular weight excluding hydrogens is 122 g/mol. The quantitative estimate of drug-likeness (QED) is 0.494. The molecule has 0 aromatic carbocycles. The summed E-state index contributed by atoms with van der Waals surface area (Å²) in [6.45, 7) is 2.29. The predicted molar refractivity (Wildman–Crippen MR) is 42.7 cm³/mol. The minimum Gasteiger partial charge on any atom is -0.315 e. The maximum Gasteiger partial charge on any atom is 0.00718 e. The number of allylic oxidation sites excluding steroid dienone is 1. The van der Waals surface area contributed by atoms with Crippen molar-refractivity contribution in [1.29, 1.82) is 0 Å². The van der Waals surface area contributed by atoms with Gasteiger partial charge in [-0.2, -0.15) is 0 Å². The summed E-state index contributed by atoms with van der Waals surface area (Å²) in [5, 5.41) is 3.44. The van der Waals surface area contributed by atoms with Crippen LogP contribution in [0.1, 0.15) is 6.42 Å². The van der Waals surface area contributed by atoms with Crippen LogP contribution >= 0.6 is 0 Å². The summed E-state index contributed by atoms with van der Waals surface area (Å²) >= 11 is 0. The molecule has 1 heteroatoms. The van der Waals surface area contributed by atoms with E-state index in [0.717, 1.165) is 19.0 Å². The van der Waals surface area contributed by atoms with Gasteiger partial charge in [-0.15, -0.1) is 0 Å². The second kappa shape index (κ2) is 2.59. The fourth-order valence-corrected chi connectivity index (χ4v) is 1.59. The SMILES string of the molecule is C1=CC2C=CC(C1)CNC2. The normalized spacial score (nSPS) is 37.6. The predicted octanol–water partition coefficient (Wildman–Crippen LogP) is 1.34. The molecule has 0 saturated carbocycles. The van der Waals surface area contributed by atoms with E-state index in [9.17, 15) is 0 Å². The summed E-state index contributed by atoms with van der Waals surface area (Å²) in [5.41, 5.74) is 0. The Bertz CT molecular complexity index is 170. The molecule has 1 aliphatic carbocycles. The van der Waals surface area contributed by atoms with Crippen molar-refractivity contribution >= 4 is 0 Å². The van der Waals surface area contributed by atoms with Gasteiger partial charge in [-0.3, -0.25) is 0 Å². The molecule has 1 aliphatic heterocycles. The number of rotatable bonds is 0. The highest BCUT2D eigenvalue weighted by Gasteiger charge is 2.12. The van der Waals surface area contributed by atoms with Crippen LogP contribution in [-0.2, 0) is 0 Å². The summed E-state index contributed by atoms with van der Waals surface area (Å²) in [7, 11) is 0. The minimum absolute atomic E-state index is 0.660. The smallest absolute Gasteiger partial charge is 0.00718 e. The Morgan fingerprint density at radius 2 is 2.10 bits per heavy atom. The maximum atomic E-state index is 3.44. The van der Waals surface area contributed by atoms with E-state index in [2.05, 4.69) is 29.6 Å². The summed E-state index contributed by atoms with van der Waals surface area (Å²) in [6, 6.07) is 0. The largest absolute Gasteiger partial charge is 0.315 e. The fraction of sp³-hybridized carbons (Fsp3) is 0.556. The molecule has 1 heterocycles. The van der Waals surface area contributed by atoms with Crippen LogP contribution in [0.4, 0.5) is 0 Å². The third-order valence-corrected chi connectivity index (χ3v) is 2.24. The topological polar surface area (TPSA) is 12.0 Å². The van der Waals surface area contributed by atoms with E-state index < -0.39 is 0 Å². The molecule has 0 aromatic heterocycles. The molecule has 1 N–H and O–H groups in total. The second-order valence-electron chi connectivity index (χ2n) is 3.13. The van der Waals surface area contributed by atoms with Crippen LogP contribution in [0.15, 0.2) is 24.3 Å². The molecule has 0 amide bonds. The van der Waals surface area contributed by atoms with Crippen LogP contribution in [-0.4, -0.2) is 13.1 Å². The molecule has 0 saturated heterocycles. The van der Waals surface area contributed by atoms with Gasteiger partial charge in [-0.1, -0.05) is 24.3 Å². The standard InChI is InChI=1S/C9H13N/c1-2-8-4-5-9(3-1)7-10-6-8/h1-2,4-5,8-10H,3,6-7H2. The Morgan fingerprint density at radius 3 is 3.10 bits per heavy atom. The van der Waals surface area contributed by atoms with Gasteiger partial charge in [0, 0.05) is 19.0 Å². The zero-order chi connectivity index (χ0) is 6.81. The first-order valence-corrected chi connectivity index (χ1v) is 4.01. The average Bonchev–Trinajstić information content (AvgIpc) is 2.17. The molecule has 0 fully saturated rings. The van der Waals surface area contributed by atoms with Crippen molar-refractivity contribution in [2.24, 2.45) is 11.8 Å². The van der Waals surface area contributed by atoms with Crippen LogP contribution in [0.2, 0.25) is 0 Å². The van der Waals surface area contributed by atoms with Gasteiger partial charge in [0.05, 0.1) is 0 Å². The van der Waals surface area contributed by atoms with Gasteiger partial charge in [-0.05, 0) is 12.3 Å². The lowest BCUT2D eigenvalue weighted by molar-refractivity contribution is 0.551. The van der Waals surface area contributed by atoms with Crippen molar-refractivity contribution in [1.82, 2.24) is 5.32 Å². The van der Waals surface area contributed by atoms with Crippen molar-refractivity contribution in [2.75, 3.05) is 13.1 Å². The van der Waals surface area contributed by atoms with E-state index in [4.69, 9.17) is 0 Å². The van der Waals surface area contributed by atoms with E-state index >= 15 is 0 Å². The Morgan fingerprint density at radius 1 is 1.10 bits per heavy atom. The number of nitrogens with one attached hydrogen (secondary N) is 1.